The highest BCUT2D eigenvalue weighted by molar-refractivity contribution is 5.96. The quantitative estimate of drug-likeness (QED) is 0.451. The number of aliphatic hydroxyl groups is 3. The lowest BCUT2D eigenvalue weighted by Crippen LogP contribution is -2.72. The average Bonchev–Trinajstić information content (AvgIpc) is 3.30. The molecule has 0 heterocycles. The number of rotatable bonds is 3. The zero-order chi connectivity index (χ0) is 25.6. The van der Waals surface area contributed by atoms with Crippen LogP contribution in [-0.2, 0) is 14.3 Å². The van der Waals surface area contributed by atoms with E-state index in [9.17, 15) is 24.9 Å². The van der Waals surface area contributed by atoms with Crippen LogP contribution in [0.25, 0.3) is 6.08 Å². The minimum atomic E-state index is -1.86. The first-order chi connectivity index (χ1) is 16.3. The summed E-state index contributed by atoms with van der Waals surface area (Å²) in [6.45, 7) is 9.68. The van der Waals surface area contributed by atoms with Crippen LogP contribution in [-0.4, -0.2) is 51.0 Å². The van der Waals surface area contributed by atoms with Crippen molar-refractivity contribution in [2.24, 2.45) is 39.9 Å². The number of esters is 1. The normalized spacial score (nSPS) is 48.0. The van der Waals surface area contributed by atoms with Crippen molar-refractivity contribution in [3.63, 3.8) is 0 Å². The van der Waals surface area contributed by atoms with Crippen molar-refractivity contribution in [3.8, 4) is 0 Å². The van der Waals surface area contributed by atoms with E-state index >= 15 is 0 Å². The molecule has 3 N–H and O–H groups in total. The van der Waals surface area contributed by atoms with Crippen LogP contribution in [0.15, 0.2) is 36.4 Å². The molecule has 0 radical (unpaired) electrons. The number of carbonyl (C=O) groups excluding carboxylic acids is 2. The largest absolute Gasteiger partial charge is 0.458 e. The molecule has 10 atom stereocenters. The van der Waals surface area contributed by atoms with Crippen LogP contribution in [0.2, 0.25) is 0 Å². The van der Waals surface area contributed by atoms with Gasteiger partial charge in [-0.15, -0.1) is 0 Å². The first-order valence-corrected chi connectivity index (χ1v) is 12.9. The molecule has 0 spiro atoms. The van der Waals surface area contributed by atoms with Crippen molar-refractivity contribution >= 4 is 17.8 Å². The van der Waals surface area contributed by atoms with E-state index in [0.717, 1.165) is 12.0 Å². The molecule has 0 unspecified atom stereocenters. The summed E-state index contributed by atoms with van der Waals surface area (Å²) in [5.41, 5.74) is -3.32. The standard InChI is InChI=1S/C29H38O6/c1-16-15-29(34)21(22(16)35-19(30)12-11-17-9-7-6-8-10-17)23(31)27(4)14-13-18-20(26(18,2)3)24(32)28(27,5)25(29)33/h6-12,16,18,20-24,31-32,34H,13-15H2,1-5H3/b12-11+/t16-,18+,20+,21+,22-,23+,24+,27-,28+,29+/m0/s1. The molecular weight excluding hydrogens is 444 g/mol. The summed E-state index contributed by atoms with van der Waals surface area (Å²) in [6.07, 6.45) is 1.59. The molecule has 190 valence electrons. The highest BCUT2D eigenvalue weighted by Gasteiger charge is 2.79. The fourth-order valence-corrected chi connectivity index (χ4v) is 8.22. The van der Waals surface area contributed by atoms with Gasteiger partial charge in [-0.2, -0.15) is 0 Å². The number of benzene rings is 1. The molecular formula is C29H38O6. The maximum atomic E-state index is 14.2. The van der Waals surface area contributed by atoms with E-state index in [-0.39, 0.29) is 29.6 Å². The van der Waals surface area contributed by atoms with Crippen molar-refractivity contribution < 1.29 is 29.6 Å². The minimum absolute atomic E-state index is 0.0406. The monoisotopic (exact) mass is 482 g/mol. The molecule has 0 bridgehead atoms. The molecule has 1 aromatic carbocycles. The second-order valence-electron chi connectivity index (χ2n) is 12.6. The van der Waals surface area contributed by atoms with E-state index in [2.05, 4.69) is 13.8 Å². The lowest BCUT2D eigenvalue weighted by Gasteiger charge is -2.59. The molecule has 5 rings (SSSR count). The highest BCUT2D eigenvalue weighted by atomic mass is 16.5. The predicted octanol–water partition coefficient (Wildman–Crippen LogP) is 3.38. The molecule has 35 heavy (non-hydrogen) atoms. The second kappa shape index (κ2) is 7.74. The van der Waals surface area contributed by atoms with E-state index in [1.165, 1.54) is 6.08 Å². The van der Waals surface area contributed by atoms with Gasteiger partial charge in [0, 0.05) is 11.5 Å². The number of hydrogen-bond acceptors (Lipinski definition) is 6. The van der Waals surface area contributed by atoms with Gasteiger partial charge in [-0.1, -0.05) is 58.0 Å². The number of hydrogen-bond donors (Lipinski definition) is 3. The molecule has 0 saturated heterocycles. The Bertz CT molecular complexity index is 1060. The third-order valence-corrected chi connectivity index (χ3v) is 10.7. The predicted molar refractivity (Wildman–Crippen MR) is 131 cm³/mol. The SMILES string of the molecule is C[C@H]1C[C@]2(O)C(=O)[C@@]3(C)[C@H](O)[C@H]4[C@@H](CC[C@@]3(C)[C@H](O)[C@H]2[C@H]1OC(=O)/C=C/c1ccccc1)C4(C)C. The van der Waals surface area contributed by atoms with Crippen LogP contribution >= 0.6 is 0 Å². The number of ether oxygens (including phenoxy) is 1. The third kappa shape index (κ3) is 3.19. The van der Waals surface area contributed by atoms with Gasteiger partial charge >= 0.3 is 5.97 Å². The van der Waals surface area contributed by atoms with Crippen LogP contribution in [0.1, 0.15) is 59.4 Å². The van der Waals surface area contributed by atoms with Crippen molar-refractivity contribution in [1.82, 2.24) is 0 Å². The molecule has 4 aliphatic rings. The van der Waals surface area contributed by atoms with Crippen LogP contribution < -0.4 is 0 Å². The zero-order valence-corrected chi connectivity index (χ0v) is 21.3. The highest BCUT2D eigenvalue weighted by Crippen LogP contribution is 2.73. The van der Waals surface area contributed by atoms with Crippen molar-refractivity contribution in [2.75, 3.05) is 0 Å². The first kappa shape index (κ1) is 24.7. The molecule has 0 amide bonds. The Morgan fingerprint density at radius 1 is 1.06 bits per heavy atom. The van der Waals surface area contributed by atoms with Gasteiger partial charge < -0.3 is 20.1 Å². The first-order valence-electron chi connectivity index (χ1n) is 12.9. The van der Waals surface area contributed by atoms with E-state index < -0.39 is 52.4 Å². The average molecular weight is 483 g/mol. The smallest absolute Gasteiger partial charge is 0.331 e. The van der Waals surface area contributed by atoms with Crippen molar-refractivity contribution in [2.45, 2.75) is 77.8 Å². The van der Waals surface area contributed by atoms with Crippen molar-refractivity contribution in [1.29, 1.82) is 0 Å². The molecule has 0 aromatic heterocycles. The molecule has 6 heteroatoms. The molecule has 4 fully saturated rings. The molecule has 4 aliphatic carbocycles. The van der Waals surface area contributed by atoms with Gasteiger partial charge in [-0.05, 0) is 61.0 Å². The van der Waals surface area contributed by atoms with Crippen molar-refractivity contribution in [3.05, 3.63) is 42.0 Å². The van der Waals surface area contributed by atoms with E-state index in [1.807, 2.05) is 44.2 Å². The molecule has 1 aromatic rings. The summed E-state index contributed by atoms with van der Waals surface area (Å²) in [4.78, 5) is 26.9. The fourth-order valence-electron chi connectivity index (χ4n) is 8.22. The van der Waals surface area contributed by atoms with Gasteiger partial charge in [-0.3, -0.25) is 4.79 Å². The summed E-state index contributed by atoms with van der Waals surface area (Å²) in [5.74, 6) is -2.01. The van der Waals surface area contributed by atoms with E-state index in [4.69, 9.17) is 4.74 Å². The lowest BCUT2D eigenvalue weighted by atomic mass is 9.46. The molecule has 0 aliphatic heterocycles. The molecule has 4 saturated carbocycles. The minimum Gasteiger partial charge on any atom is -0.458 e. The fraction of sp³-hybridized carbons (Fsp3) is 0.655. The van der Waals surface area contributed by atoms with E-state index in [1.54, 1.807) is 13.0 Å². The molecule has 6 nitrogen and oxygen atoms in total. The van der Waals surface area contributed by atoms with Gasteiger partial charge in [0.2, 0.25) is 0 Å². The van der Waals surface area contributed by atoms with Gasteiger partial charge in [0.25, 0.3) is 0 Å². The van der Waals surface area contributed by atoms with Gasteiger partial charge in [0.1, 0.15) is 11.7 Å². The van der Waals surface area contributed by atoms with E-state index in [0.29, 0.717) is 6.42 Å². The Kier molecular flexibility index (Phi) is 5.45. The van der Waals surface area contributed by atoms with Crippen LogP contribution in [0, 0.1) is 39.9 Å². The number of fused-ring (bicyclic) bond motifs is 3. The number of aliphatic hydroxyl groups excluding tert-OH is 2. The third-order valence-electron chi connectivity index (χ3n) is 10.7. The summed E-state index contributed by atoms with van der Waals surface area (Å²) in [6, 6.07) is 9.38. The number of ketones is 1. The Labute approximate surface area is 207 Å². The Balaban J connectivity index is 1.46. The van der Waals surface area contributed by atoms with Crippen LogP contribution in [0.4, 0.5) is 0 Å². The maximum Gasteiger partial charge on any atom is 0.331 e. The Morgan fingerprint density at radius 2 is 1.71 bits per heavy atom. The zero-order valence-electron chi connectivity index (χ0n) is 21.3. The summed E-state index contributed by atoms with van der Waals surface area (Å²) < 4.78 is 5.82. The summed E-state index contributed by atoms with van der Waals surface area (Å²) in [5, 5.41) is 35.3. The number of Topliss-reactive ketones (excluding diaryl/α,β-unsaturated/α-hetero) is 1. The lowest BCUT2D eigenvalue weighted by molar-refractivity contribution is -0.231. The summed E-state index contributed by atoms with van der Waals surface area (Å²) >= 11 is 0. The number of carbonyl (C=O) groups is 2. The van der Waals surface area contributed by atoms with Crippen LogP contribution in [0.5, 0.6) is 0 Å². The topological polar surface area (TPSA) is 104 Å². The second-order valence-corrected chi connectivity index (χ2v) is 12.6. The van der Waals surface area contributed by atoms with Gasteiger partial charge in [0.05, 0.1) is 23.5 Å². The summed E-state index contributed by atoms with van der Waals surface area (Å²) in [7, 11) is 0. The Morgan fingerprint density at radius 3 is 2.37 bits per heavy atom. The van der Waals surface area contributed by atoms with Gasteiger partial charge in [0.15, 0.2) is 5.78 Å². The maximum absolute atomic E-state index is 14.2. The van der Waals surface area contributed by atoms with Gasteiger partial charge in [-0.25, -0.2) is 4.79 Å². The van der Waals surface area contributed by atoms with Crippen LogP contribution in [0.3, 0.4) is 0 Å². The Hall–Kier alpha value is -2.02.